The van der Waals surface area contributed by atoms with Crippen LogP contribution < -0.4 is 0 Å². The highest BCUT2D eigenvalue weighted by atomic mass is 35.5. The molecule has 1 aromatic carbocycles. The monoisotopic (exact) mass is 343 g/mol. The third kappa shape index (κ3) is 2.84. The number of rotatable bonds is 2. The van der Waals surface area contributed by atoms with Gasteiger partial charge >= 0.3 is 0 Å². The average molecular weight is 344 g/mol. The van der Waals surface area contributed by atoms with Crippen LogP contribution in [-0.2, 0) is 4.74 Å². The van der Waals surface area contributed by atoms with Crippen molar-refractivity contribution in [3.63, 3.8) is 0 Å². The summed E-state index contributed by atoms with van der Waals surface area (Å²) in [7, 11) is 0. The maximum absolute atomic E-state index is 13.9. The van der Waals surface area contributed by atoms with Gasteiger partial charge < -0.3 is 14.7 Å². The van der Waals surface area contributed by atoms with Crippen molar-refractivity contribution >= 4 is 38.9 Å². The van der Waals surface area contributed by atoms with E-state index >= 15 is 0 Å². The summed E-state index contributed by atoms with van der Waals surface area (Å²) in [5.41, 5.74) is 0. The fourth-order valence-electron chi connectivity index (χ4n) is 2.53. The molecule has 0 unspecified atom stereocenters. The lowest BCUT2D eigenvalue weighted by molar-refractivity contribution is 0.0733. The number of carbonyl (C=O) groups excluding carboxylic acids is 1. The van der Waals surface area contributed by atoms with Crippen LogP contribution in [0.15, 0.2) is 18.2 Å². The van der Waals surface area contributed by atoms with E-state index in [0.717, 1.165) is 0 Å². The number of aliphatic hydroxyl groups excluding tert-OH is 1. The highest BCUT2D eigenvalue weighted by Crippen LogP contribution is 2.37. The Morgan fingerprint density at radius 3 is 3.09 bits per heavy atom. The van der Waals surface area contributed by atoms with Crippen molar-refractivity contribution in [1.29, 1.82) is 0 Å². The zero-order valence-electron chi connectivity index (χ0n) is 11.7. The van der Waals surface area contributed by atoms with Crippen molar-refractivity contribution in [1.82, 2.24) is 4.90 Å². The topological polar surface area (TPSA) is 49.8 Å². The van der Waals surface area contributed by atoms with E-state index in [1.165, 1.54) is 17.4 Å². The highest BCUT2D eigenvalue weighted by molar-refractivity contribution is 7.21. The third-order valence-corrected chi connectivity index (χ3v) is 5.32. The van der Waals surface area contributed by atoms with Crippen LogP contribution in [0.25, 0.3) is 10.1 Å². The summed E-state index contributed by atoms with van der Waals surface area (Å²) in [4.78, 5) is 14.7. The van der Waals surface area contributed by atoms with Crippen LogP contribution >= 0.6 is 22.9 Å². The summed E-state index contributed by atoms with van der Waals surface area (Å²) in [6.45, 7) is 1.64. The molecule has 3 rings (SSSR count). The predicted octanol–water partition coefficient (Wildman–Crippen LogP) is 2.77. The smallest absolute Gasteiger partial charge is 0.265 e. The number of benzene rings is 1. The molecular formula is C15H15ClFNO3S. The standard InChI is InChI=1S/C15H15ClFNO3S/c16-13-12-10(17)2-1-3-11(12)22-14(13)15(20)18-4-5-21-8-9(6-18)7-19/h1-3,9,19H,4-8H2/t9-/m1/s1. The van der Waals surface area contributed by atoms with Crippen LogP contribution in [-0.4, -0.2) is 48.8 Å². The fraction of sp³-hybridized carbons (Fsp3) is 0.400. The molecule has 7 heteroatoms. The quantitative estimate of drug-likeness (QED) is 0.912. The molecule has 4 nitrogen and oxygen atoms in total. The lowest BCUT2D eigenvalue weighted by atomic mass is 10.1. The molecular weight excluding hydrogens is 329 g/mol. The van der Waals surface area contributed by atoms with Crippen molar-refractivity contribution in [3.05, 3.63) is 33.9 Å². The van der Waals surface area contributed by atoms with Gasteiger partial charge in [0.2, 0.25) is 0 Å². The van der Waals surface area contributed by atoms with E-state index in [9.17, 15) is 14.3 Å². The molecule has 1 amide bonds. The maximum Gasteiger partial charge on any atom is 0.265 e. The summed E-state index contributed by atoms with van der Waals surface area (Å²) in [5.74, 6) is -0.781. The number of thiophene rings is 1. The molecule has 1 N–H and O–H groups in total. The van der Waals surface area contributed by atoms with Gasteiger partial charge in [-0.25, -0.2) is 4.39 Å². The van der Waals surface area contributed by atoms with Crippen LogP contribution in [0.5, 0.6) is 0 Å². The van der Waals surface area contributed by atoms with Gasteiger partial charge in [-0.2, -0.15) is 0 Å². The second kappa shape index (κ2) is 6.50. The predicted molar refractivity (Wildman–Crippen MR) is 84.1 cm³/mol. The normalized spacial score (nSPS) is 19.4. The Morgan fingerprint density at radius 2 is 2.36 bits per heavy atom. The minimum atomic E-state index is -0.426. The Bertz CT molecular complexity index is 705. The Hall–Kier alpha value is -1.21. The Morgan fingerprint density at radius 1 is 1.55 bits per heavy atom. The molecule has 0 saturated carbocycles. The Balaban J connectivity index is 1.94. The summed E-state index contributed by atoms with van der Waals surface area (Å²) < 4.78 is 19.9. The second-order valence-electron chi connectivity index (χ2n) is 5.23. The lowest BCUT2D eigenvalue weighted by Gasteiger charge is -2.22. The van der Waals surface area contributed by atoms with E-state index in [1.807, 2.05) is 0 Å². The van der Waals surface area contributed by atoms with Gasteiger partial charge in [-0.3, -0.25) is 4.79 Å². The van der Waals surface area contributed by atoms with E-state index < -0.39 is 5.82 Å². The zero-order valence-corrected chi connectivity index (χ0v) is 13.3. The Labute approximate surface area is 136 Å². The van der Waals surface area contributed by atoms with Gasteiger partial charge in [0.25, 0.3) is 5.91 Å². The highest BCUT2D eigenvalue weighted by Gasteiger charge is 2.27. The van der Waals surface area contributed by atoms with E-state index in [4.69, 9.17) is 16.3 Å². The average Bonchev–Trinajstić information content (AvgIpc) is 2.72. The van der Waals surface area contributed by atoms with Crippen LogP contribution in [0.2, 0.25) is 5.02 Å². The molecule has 0 spiro atoms. The van der Waals surface area contributed by atoms with Crippen molar-refractivity contribution in [2.24, 2.45) is 5.92 Å². The van der Waals surface area contributed by atoms with Crippen molar-refractivity contribution in [2.45, 2.75) is 0 Å². The van der Waals surface area contributed by atoms with Gasteiger partial charge in [0.05, 0.1) is 18.2 Å². The molecule has 0 aliphatic carbocycles. The molecule has 22 heavy (non-hydrogen) atoms. The van der Waals surface area contributed by atoms with Gasteiger partial charge in [-0.15, -0.1) is 11.3 Å². The molecule has 1 atom stereocenters. The Kier molecular flexibility index (Phi) is 4.63. The van der Waals surface area contributed by atoms with Crippen LogP contribution in [0.1, 0.15) is 9.67 Å². The molecule has 1 aliphatic rings. The molecule has 1 fully saturated rings. The third-order valence-electron chi connectivity index (χ3n) is 3.68. The molecule has 0 bridgehead atoms. The number of fused-ring (bicyclic) bond motifs is 1. The van der Waals surface area contributed by atoms with Crippen molar-refractivity contribution in [2.75, 3.05) is 32.9 Å². The van der Waals surface area contributed by atoms with Gasteiger partial charge in [-0.05, 0) is 12.1 Å². The largest absolute Gasteiger partial charge is 0.396 e. The number of hydrogen-bond donors (Lipinski definition) is 1. The zero-order chi connectivity index (χ0) is 15.7. The number of ether oxygens (including phenoxy) is 1. The number of hydrogen-bond acceptors (Lipinski definition) is 4. The number of carbonyl (C=O) groups is 1. The van der Waals surface area contributed by atoms with Gasteiger partial charge in [-0.1, -0.05) is 17.7 Å². The van der Waals surface area contributed by atoms with Gasteiger partial charge in [0, 0.05) is 35.7 Å². The first-order valence-corrected chi connectivity index (χ1v) is 8.15. The summed E-state index contributed by atoms with van der Waals surface area (Å²) in [6.07, 6.45) is 0. The lowest BCUT2D eigenvalue weighted by Crippen LogP contribution is -2.36. The second-order valence-corrected chi connectivity index (χ2v) is 6.66. The SMILES string of the molecule is O=C(c1sc2cccc(F)c2c1Cl)N1CCOC[C@@H](CO)C1. The first-order chi connectivity index (χ1) is 10.6. The van der Waals surface area contributed by atoms with Gasteiger partial charge in [0.1, 0.15) is 10.7 Å². The number of nitrogens with zero attached hydrogens (tertiary/aromatic N) is 1. The molecule has 0 radical (unpaired) electrons. The fourth-order valence-corrected chi connectivity index (χ4v) is 4.05. The molecule has 1 aliphatic heterocycles. The van der Waals surface area contributed by atoms with Crippen molar-refractivity contribution < 1.29 is 19.0 Å². The van der Waals surface area contributed by atoms with E-state index in [-0.39, 0.29) is 23.5 Å². The van der Waals surface area contributed by atoms with Crippen LogP contribution in [0.4, 0.5) is 4.39 Å². The van der Waals surface area contributed by atoms with E-state index in [1.54, 1.807) is 17.0 Å². The van der Waals surface area contributed by atoms with Gasteiger partial charge in [0.15, 0.2) is 0 Å². The first kappa shape index (κ1) is 15.7. The maximum atomic E-state index is 13.9. The van der Waals surface area contributed by atoms with Crippen molar-refractivity contribution in [3.8, 4) is 0 Å². The van der Waals surface area contributed by atoms with Crippen LogP contribution in [0.3, 0.4) is 0 Å². The minimum absolute atomic E-state index is 0.0431. The summed E-state index contributed by atoms with van der Waals surface area (Å²) in [6, 6.07) is 4.67. The molecule has 2 heterocycles. The summed E-state index contributed by atoms with van der Waals surface area (Å²) >= 11 is 7.42. The number of aliphatic hydroxyl groups is 1. The molecule has 1 saturated heterocycles. The van der Waals surface area contributed by atoms with E-state index in [2.05, 4.69) is 0 Å². The molecule has 1 aromatic heterocycles. The first-order valence-electron chi connectivity index (χ1n) is 6.96. The molecule has 118 valence electrons. The number of amides is 1. The van der Waals surface area contributed by atoms with E-state index in [0.29, 0.717) is 41.3 Å². The minimum Gasteiger partial charge on any atom is -0.396 e. The summed E-state index contributed by atoms with van der Waals surface area (Å²) in [5, 5.41) is 9.76. The number of halogens is 2. The molecule has 2 aromatic rings. The van der Waals surface area contributed by atoms with Crippen LogP contribution in [0, 0.1) is 11.7 Å².